The van der Waals surface area contributed by atoms with Gasteiger partial charge in [0.2, 0.25) is 0 Å². The molecule has 2 aromatic heterocycles. The predicted molar refractivity (Wildman–Crippen MR) is 158 cm³/mol. The van der Waals surface area contributed by atoms with Gasteiger partial charge < -0.3 is 20.4 Å². The van der Waals surface area contributed by atoms with Crippen LogP contribution in [0.15, 0.2) is 30.6 Å². The van der Waals surface area contributed by atoms with E-state index in [9.17, 15) is 27.5 Å². The molecule has 0 amide bonds. The van der Waals surface area contributed by atoms with Crippen LogP contribution < -0.4 is 10.2 Å². The quantitative estimate of drug-likeness (QED) is 0.211. The summed E-state index contributed by atoms with van der Waals surface area (Å²) in [7, 11) is 0. The zero-order valence-electron chi connectivity index (χ0n) is 24.4. The molecular formula is C29H35F4N7O3S. The van der Waals surface area contributed by atoms with Crippen LogP contribution in [0.1, 0.15) is 55.5 Å². The van der Waals surface area contributed by atoms with E-state index in [0.717, 1.165) is 25.0 Å². The molecule has 10 nitrogen and oxygen atoms in total. The van der Waals surface area contributed by atoms with E-state index in [1.54, 1.807) is 6.20 Å². The second kappa shape index (κ2) is 13.3. The number of aromatic nitrogens is 3. The van der Waals surface area contributed by atoms with Crippen molar-refractivity contribution in [2.24, 2.45) is 0 Å². The second-order valence-corrected chi connectivity index (χ2v) is 12.4. The van der Waals surface area contributed by atoms with Crippen molar-refractivity contribution in [3.8, 4) is 11.3 Å². The number of carboxylic acids is 1. The first-order valence-electron chi connectivity index (χ1n) is 14.5. The number of benzene rings is 1. The van der Waals surface area contributed by atoms with E-state index in [1.165, 1.54) is 17.5 Å². The van der Waals surface area contributed by atoms with Crippen LogP contribution in [0.4, 0.5) is 28.5 Å². The van der Waals surface area contributed by atoms with Crippen molar-refractivity contribution < 1.29 is 32.6 Å². The molecule has 2 aliphatic rings. The van der Waals surface area contributed by atoms with Gasteiger partial charge in [0.25, 0.3) is 0 Å². The minimum Gasteiger partial charge on any atom is -0.481 e. The van der Waals surface area contributed by atoms with Crippen LogP contribution in [-0.2, 0) is 17.5 Å². The van der Waals surface area contributed by atoms with Crippen LogP contribution in [0.25, 0.3) is 11.3 Å². The van der Waals surface area contributed by atoms with Gasteiger partial charge in [-0.05, 0) is 44.9 Å². The summed E-state index contributed by atoms with van der Waals surface area (Å²) in [6, 6.07) is 2.93. The summed E-state index contributed by atoms with van der Waals surface area (Å²) in [5, 5.41) is 22.9. The number of carboxylic acid groups (broad SMARTS) is 1. The van der Waals surface area contributed by atoms with Crippen LogP contribution in [0.5, 0.6) is 0 Å². The number of nitrogens with zero attached hydrogens (tertiary/aromatic N) is 6. The van der Waals surface area contributed by atoms with E-state index < -0.39 is 29.8 Å². The molecule has 2 aliphatic heterocycles. The number of halogens is 4. The highest BCUT2D eigenvalue weighted by molar-refractivity contribution is 7.16. The number of anilines is 2. The van der Waals surface area contributed by atoms with Crippen LogP contribution in [0, 0.1) is 5.82 Å². The zero-order valence-corrected chi connectivity index (χ0v) is 25.2. The number of alkyl halides is 3. The number of likely N-dealkylation sites (tertiary alicyclic amines) is 1. The first-order chi connectivity index (χ1) is 20.9. The van der Waals surface area contributed by atoms with Gasteiger partial charge in [0.15, 0.2) is 11.4 Å². The molecule has 44 heavy (non-hydrogen) atoms. The van der Waals surface area contributed by atoms with Crippen molar-refractivity contribution >= 4 is 28.3 Å². The fourth-order valence-electron chi connectivity index (χ4n) is 5.64. The lowest BCUT2D eigenvalue weighted by molar-refractivity contribution is -0.138. The third-order valence-electron chi connectivity index (χ3n) is 8.19. The Hall–Kier alpha value is -3.40. The van der Waals surface area contributed by atoms with E-state index in [4.69, 9.17) is 5.11 Å². The van der Waals surface area contributed by atoms with E-state index in [2.05, 4.69) is 43.9 Å². The molecule has 3 aromatic rings. The number of nitrogens with one attached hydrogen (secondary N) is 1. The molecule has 1 aromatic carbocycles. The number of aliphatic hydroxyl groups excluding tert-OH is 1. The molecular weight excluding hydrogens is 602 g/mol. The molecule has 0 saturated carbocycles. The summed E-state index contributed by atoms with van der Waals surface area (Å²) in [6.07, 6.45) is -0.962. The zero-order chi connectivity index (χ0) is 31.6. The molecule has 3 atom stereocenters. The van der Waals surface area contributed by atoms with Crippen LogP contribution in [0.2, 0.25) is 0 Å². The fraction of sp³-hybridized carbons (Fsp3) is 0.517. The third-order valence-corrected chi connectivity index (χ3v) is 9.16. The van der Waals surface area contributed by atoms with Gasteiger partial charge >= 0.3 is 12.1 Å². The maximum Gasteiger partial charge on any atom is 0.416 e. The van der Waals surface area contributed by atoms with Crippen molar-refractivity contribution in [3.63, 3.8) is 0 Å². The molecule has 0 radical (unpaired) electrons. The smallest absolute Gasteiger partial charge is 0.416 e. The Balaban J connectivity index is 1.32. The molecule has 0 spiro atoms. The molecule has 2 saturated heterocycles. The van der Waals surface area contributed by atoms with Gasteiger partial charge in [0.05, 0.1) is 30.1 Å². The Kier molecular flexibility index (Phi) is 9.68. The van der Waals surface area contributed by atoms with Crippen molar-refractivity contribution in [1.29, 1.82) is 0 Å². The lowest BCUT2D eigenvalue weighted by atomic mass is 10.1. The van der Waals surface area contributed by atoms with Crippen molar-refractivity contribution in [2.45, 2.75) is 64.1 Å². The average molecular weight is 638 g/mol. The highest BCUT2D eigenvalue weighted by Gasteiger charge is 2.33. The van der Waals surface area contributed by atoms with Gasteiger partial charge in [0, 0.05) is 61.8 Å². The summed E-state index contributed by atoms with van der Waals surface area (Å²) in [4.78, 5) is 31.1. The third kappa shape index (κ3) is 7.62. The minimum atomic E-state index is -4.72. The monoisotopic (exact) mass is 637 g/mol. The topological polar surface area (TPSA) is 118 Å². The molecule has 4 heterocycles. The summed E-state index contributed by atoms with van der Waals surface area (Å²) >= 11 is 1.19. The van der Waals surface area contributed by atoms with Gasteiger partial charge in [-0.25, -0.2) is 14.4 Å². The predicted octanol–water partition coefficient (Wildman–Crippen LogP) is 4.83. The Morgan fingerprint density at radius 1 is 1.09 bits per heavy atom. The van der Waals surface area contributed by atoms with E-state index in [1.807, 2.05) is 4.90 Å². The van der Waals surface area contributed by atoms with Gasteiger partial charge in [-0.15, -0.1) is 11.3 Å². The maximum absolute atomic E-state index is 14.4. The van der Waals surface area contributed by atoms with Crippen molar-refractivity contribution in [2.75, 3.05) is 42.9 Å². The maximum atomic E-state index is 14.4. The number of aliphatic carboxylic acids is 1. The van der Waals surface area contributed by atoms with E-state index in [-0.39, 0.29) is 40.6 Å². The Morgan fingerprint density at radius 3 is 2.41 bits per heavy atom. The molecule has 3 N–H and O–H groups in total. The van der Waals surface area contributed by atoms with E-state index in [0.29, 0.717) is 56.0 Å². The first kappa shape index (κ1) is 32.0. The fourth-order valence-corrected chi connectivity index (χ4v) is 6.66. The van der Waals surface area contributed by atoms with E-state index >= 15 is 0 Å². The number of piperazine rings is 1. The highest BCUT2D eigenvalue weighted by Crippen LogP contribution is 2.39. The molecule has 0 aliphatic carbocycles. The van der Waals surface area contributed by atoms with Gasteiger partial charge in [-0.1, -0.05) is 0 Å². The van der Waals surface area contributed by atoms with Crippen molar-refractivity contribution in [3.05, 3.63) is 52.5 Å². The number of hydrogen-bond donors (Lipinski definition) is 3. The van der Waals surface area contributed by atoms with Gasteiger partial charge in [-0.2, -0.15) is 13.2 Å². The summed E-state index contributed by atoms with van der Waals surface area (Å²) in [5.41, 5.74) is -0.636. The Morgan fingerprint density at radius 2 is 1.80 bits per heavy atom. The molecule has 238 valence electrons. The molecule has 1 unspecified atom stereocenters. The normalized spacial score (nSPS) is 20.7. The first-order valence-corrected chi connectivity index (χ1v) is 15.3. The SMILES string of the molecule is C[C@@H]1CC[C@@H](C)N1Cc1sc(NC(O)c2cnc(N3CCN(CCC(=O)O)CC3)cn2)nc1-c1cc(F)cc(C(F)(F)F)c1. The summed E-state index contributed by atoms with van der Waals surface area (Å²) in [5.74, 6) is -1.21. The van der Waals surface area contributed by atoms with Crippen LogP contribution in [-0.4, -0.2) is 85.7 Å². The van der Waals surface area contributed by atoms with Gasteiger partial charge in [0.1, 0.15) is 17.3 Å². The highest BCUT2D eigenvalue weighted by atomic mass is 32.1. The minimum absolute atomic E-state index is 0.0119. The largest absolute Gasteiger partial charge is 0.481 e. The Labute approximate surface area is 256 Å². The molecule has 15 heteroatoms. The number of carbonyl (C=O) groups is 1. The van der Waals surface area contributed by atoms with Crippen LogP contribution in [0.3, 0.4) is 0 Å². The molecule has 2 fully saturated rings. The Bertz CT molecular complexity index is 1440. The lowest BCUT2D eigenvalue weighted by Crippen LogP contribution is -2.47. The number of hydrogen-bond acceptors (Lipinski definition) is 10. The number of aliphatic hydroxyl groups is 1. The number of thiazole rings is 1. The lowest BCUT2D eigenvalue weighted by Gasteiger charge is -2.35. The van der Waals surface area contributed by atoms with Gasteiger partial charge in [-0.3, -0.25) is 19.6 Å². The van der Waals surface area contributed by atoms with Crippen molar-refractivity contribution in [1.82, 2.24) is 24.8 Å². The average Bonchev–Trinajstić information content (AvgIpc) is 3.53. The number of rotatable bonds is 10. The van der Waals surface area contributed by atoms with Crippen LogP contribution >= 0.6 is 11.3 Å². The summed E-state index contributed by atoms with van der Waals surface area (Å²) < 4.78 is 54.9. The molecule has 0 bridgehead atoms. The second-order valence-electron chi connectivity index (χ2n) is 11.3. The molecule has 5 rings (SSSR count). The standard InChI is InChI=1S/C29H35F4N7O3S/c1-17-3-4-18(2)40(17)16-23-26(19-11-20(29(31,32)33)13-21(30)12-19)36-28(44-23)37-27(43)22-14-35-24(15-34-22)39-9-7-38(8-10-39)6-5-25(41)42/h11-15,17-18,27,43H,3-10,16H2,1-2H3,(H,36,37)(H,41,42)/t17-,18-,27?/m1/s1. The summed E-state index contributed by atoms with van der Waals surface area (Å²) in [6.45, 7) is 7.80.